The maximum Gasteiger partial charge on any atom is 0.317 e. The molecule has 6 nitrogen and oxygen atoms in total. The molecule has 0 aromatic heterocycles. The number of hydrogen-bond donors (Lipinski definition) is 2. The summed E-state index contributed by atoms with van der Waals surface area (Å²) in [6.45, 7) is 2.20. The average molecular weight is 373 g/mol. The third kappa shape index (κ3) is 4.32. The van der Waals surface area contributed by atoms with Crippen LogP contribution in [0.2, 0.25) is 10.0 Å². The van der Waals surface area contributed by atoms with Crippen molar-refractivity contribution in [3.05, 3.63) is 33.3 Å². The van der Waals surface area contributed by atoms with Crippen molar-refractivity contribution in [2.45, 2.75) is 25.4 Å². The zero-order chi connectivity index (χ0) is 17.9. The van der Waals surface area contributed by atoms with Gasteiger partial charge >= 0.3 is 6.03 Å². The van der Waals surface area contributed by atoms with Gasteiger partial charge in [-0.25, -0.2) is 4.79 Å². The first-order chi connectivity index (χ1) is 11.3. The van der Waals surface area contributed by atoms with Crippen molar-refractivity contribution in [1.82, 2.24) is 15.1 Å². The second-order valence-corrected chi connectivity index (χ2v) is 6.82. The van der Waals surface area contributed by atoms with Gasteiger partial charge in [-0.15, -0.1) is 0 Å². The second-order valence-electron chi connectivity index (χ2n) is 6.07. The molecular formula is C16H22Cl2N4O2. The summed E-state index contributed by atoms with van der Waals surface area (Å²) in [5.41, 5.74) is 6.03. The molecule has 132 valence electrons. The first-order valence-electron chi connectivity index (χ1n) is 7.77. The van der Waals surface area contributed by atoms with Gasteiger partial charge < -0.3 is 20.9 Å². The van der Waals surface area contributed by atoms with E-state index in [1.165, 1.54) is 6.07 Å². The van der Waals surface area contributed by atoms with Crippen molar-refractivity contribution in [3.63, 3.8) is 0 Å². The maximum absolute atomic E-state index is 12.3. The molecule has 2 rings (SSSR count). The minimum Gasteiger partial charge on any atom is -0.366 e. The molecule has 1 aromatic rings. The molecular weight excluding hydrogens is 351 g/mol. The number of rotatable bonds is 4. The van der Waals surface area contributed by atoms with Crippen molar-refractivity contribution in [1.29, 1.82) is 0 Å². The number of urea groups is 1. The standard InChI is InChI=1S/C16H22Cl2N4O2/c1-21-7-5-11(6-8-21)22(2)16(24)20-9-10-3-4-12(15(19)23)14(18)13(10)17/h3-4,11H,5-9H2,1-2H3,(H2,19,23)(H,20,24). The predicted octanol–water partition coefficient (Wildman–Crippen LogP) is 2.33. The number of nitrogens with two attached hydrogens (primary N) is 1. The molecule has 3 N–H and O–H groups in total. The summed E-state index contributed by atoms with van der Waals surface area (Å²) in [5.74, 6) is -0.639. The normalized spacial score (nSPS) is 16.0. The van der Waals surface area contributed by atoms with Crippen LogP contribution in [0.15, 0.2) is 12.1 Å². The average Bonchev–Trinajstić information content (AvgIpc) is 2.55. The van der Waals surface area contributed by atoms with E-state index in [4.69, 9.17) is 28.9 Å². The Morgan fingerprint density at radius 2 is 1.92 bits per heavy atom. The maximum atomic E-state index is 12.3. The molecule has 0 saturated carbocycles. The number of likely N-dealkylation sites (tertiary alicyclic amines) is 1. The van der Waals surface area contributed by atoms with E-state index in [0.29, 0.717) is 5.56 Å². The molecule has 1 aliphatic rings. The SMILES string of the molecule is CN1CCC(N(C)C(=O)NCc2ccc(C(N)=O)c(Cl)c2Cl)CC1. The largest absolute Gasteiger partial charge is 0.366 e. The Bertz CT molecular complexity index is 631. The number of halogens is 2. The van der Waals surface area contributed by atoms with Crippen LogP contribution < -0.4 is 11.1 Å². The van der Waals surface area contributed by atoms with E-state index in [-0.39, 0.29) is 34.2 Å². The molecule has 3 amide bonds. The summed E-state index contributed by atoms with van der Waals surface area (Å²) in [6, 6.07) is 3.23. The number of carbonyl (C=O) groups is 2. The first-order valence-corrected chi connectivity index (χ1v) is 8.52. The van der Waals surface area contributed by atoms with Crippen LogP contribution in [0.4, 0.5) is 4.79 Å². The number of carbonyl (C=O) groups excluding carboxylic acids is 2. The fourth-order valence-electron chi connectivity index (χ4n) is 2.76. The fourth-order valence-corrected chi connectivity index (χ4v) is 3.27. The summed E-state index contributed by atoms with van der Waals surface area (Å²) in [4.78, 5) is 27.5. The summed E-state index contributed by atoms with van der Waals surface area (Å²) in [5, 5.41) is 3.18. The Balaban J connectivity index is 1.96. The highest BCUT2D eigenvalue weighted by molar-refractivity contribution is 6.44. The van der Waals surface area contributed by atoms with Crippen LogP contribution in [0.5, 0.6) is 0 Å². The fraction of sp³-hybridized carbons (Fsp3) is 0.500. The lowest BCUT2D eigenvalue weighted by molar-refractivity contribution is 0.100. The zero-order valence-electron chi connectivity index (χ0n) is 13.8. The number of nitrogens with one attached hydrogen (secondary N) is 1. The van der Waals surface area contributed by atoms with Gasteiger partial charge in [0.25, 0.3) is 0 Å². The van der Waals surface area contributed by atoms with Crippen molar-refractivity contribution in [3.8, 4) is 0 Å². The van der Waals surface area contributed by atoms with Gasteiger partial charge in [-0.05, 0) is 44.6 Å². The van der Waals surface area contributed by atoms with E-state index in [1.54, 1.807) is 18.0 Å². The highest BCUT2D eigenvalue weighted by Gasteiger charge is 2.24. The molecule has 0 spiro atoms. The predicted molar refractivity (Wildman–Crippen MR) is 95.5 cm³/mol. The van der Waals surface area contributed by atoms with Gasteiger partial charge in [0.2, 0.25) is 5.91 Å². The first kappa shape index (κ1) is 18.8. The Labute approximate surface area is 151 Å². The lowest BCUT2D eigenvalue weighted by Crippen LogP contribution is -2.48. The van der Waals surface area contributed by atoms with Gasteiger partial charge in [-0.2, -0.15) is 0 Å². The Kier molecular flexibility index (Phi) is 6.32. The molecule has 0 radical (unpaired) electrons. The van der Waals surface area contributed by atoms with Crippen LogP contribution in [-0.2, 0) is 6.54 Å². The van der Waals surface area contributed by atoms with E-state index in [9.17, 15) is 9.59 Å². The summed E-state index contributed by atoms with van der Waals surface area (Å²) in [7, 11) is 3.88. The molecule has 1 aliphatic heterocycles. The Morgan fingerprint density at radius 3 is 2.50 bits per heavy atom. The molecule has 1 saturated heterocycles. The van der Waals surface area contributed by atoms with Crippen molar-refractivity contribution in [2.75, 3.05) is 27.2 Å². The van der Waals surface area contributed by atoms with E-state index < -0.39 is 5.91 Å². The van der Waals surface area contributed by atoms with Crippen LogP contribution in [0.3, 0.4) is 0 Å². The molecule has 0 unspecified atom stereocenters. The van der Waals surface area contributed by atoms with Crippen molar-refractivity contribution >= 4 is 35.1 Å². The minimum atomic E-state index is -0.639. The summed E-state index contributed by atoms with van der Waals surface area (Å²) in [6.07, 6.45) is 1.92. The molecule has 0 bridgehead atoms. The van der Waals surface area contributed by atoms with Crippen molar-refractivity contribution < 1.29 is 9.59 Å². The van der Waals surface area contributed by atoms with E-state index in [1.807, 2.05) is 0 Å². The minimum absolute atomic E-state index is 0.111. The smallest absolute Gasteiger partial charge is 0.317 e. The number of piperidine rings is 1. The lowest BCUT2D eigenvalue weighted by atomic mass is 10.0. The van der Waals surface area contributed by atoms with Gasteiger partial charge in [0.15, 0.2) is 0 Å². The topological polar surface area (TPSA) is 78.7 Å². The summed E-state index contributed by atoms with van der Waals surface area (Å²) >= 11 is 12.2. The van der Waals surface area contributed by atoms with Crippen LogP contribution >= 0.6 is 23.2 Å². The Morgan fingerprint density at radius 1 is 1.29 bits per heavy atom. The highest BCUT2D eigenvalue weighted by Crippen LogP contribution is 2.29. The van der Waals surface area contributed by atoms with Gasteiger partial charge in [0, 0.05) is 19.6 Å². The molecule has 0 atom stereocenters. The molecule has 0 aliphatic carbocycles. The second kappa shape index (κ2) is 8.05. The van der Waals surface area contributed by atoms with E-state index in [2.05, 4.69) is 17.3 Å². The molecule has 8 heteroatoms. The van der Waals surface area contributed by atoms with E-state index >= 15 is 0 Å². The number of nitrogens with zero attached hydrogens (tertiary/aromatic N) is 2. The third-order valence-corrected chi connectivity index (χ3v) is 5.33. The number of benzene rings is 1. The Hall–Kier alpha value is -1.50. The molecule has 1 fully saturated rings. The van der Waals surface area contributed by atoms with E-state index in [0.717, 1.165) is 25.9 Å². The lowest BCUT2D eigenvalue weighted by Gasteiger charge is -2.35. The van der Waals surface area contributed by atoms with Gasteiger partial charge in [-0.3, -0.25) is 4.79 Å². The van der Waals surface area contributed by atoms with Gasteiger partial charge in [0.05, 0.1) is 15.6 Å². The summed E-state index contributed by atoms with van der Waals surface area (Å²) < 4.78 is 0. The number of primary amides is 1. The molecule has 1 heterocycles. The van der Waals surface area contributed by atoms with Crippen LogP contribution in [0.1, 0.15) is 28.8 Å². The quantitative estimate of drug-likeness (QED) is 0.850. The number of hydrogen-bond acceptors (Lipinski definition) is 3. The van der Waals surface area contributed by atoms with Gasteiger partial charge in [0.1, 0.15) is 0 Å². The number of amides is 3. The van der Waals surface area contributed by atoms with Crippen LogP contribution in [0.25, 0.3) is 0 Å². The highest BCUT2D eigenvalue weighted by atomic mass is 35.5. The zero-order valence-corrected chi connectivity index (χ0v) is 15.3. The van der Waals surface area contributed by atoms with Gasteiger partial charge in [-0.1, -0.05) is 29.3 Å². The van der Waals surface area contributed by atoms with Crippen molar-refractivity contribution in [2.24, 2.45) is 5.73 Å². The molecule has 1 aromatic carbocycles. The molecule has 24 heavy (non-hydrogen) atoms. The monoisotopic (exact) mass is 372 g/mol. The van der Waals surface area contributed by atoms with Crippen LogP contribution in [-0.4, -0.2) is 55.0 Å². The van der Waals surface area contributed by atoms with Crippen LogP contribution in [0, 0.1) is 0 Å². The third-order valence-electron chi connectivity index (χ3n) is 4.41.